The predicted octanol–water partition coefficient (Wildman–Crippen LogP) is -4.06. The first-order valence-corrected chi connectivity index (χ1v) is 21.5. The van der Waals surface area contributed by atoms with Crippen LogP contribution < -0.4 is 48.7 Å². The third-order valence-corrected chi connectivity index (χ3v) is 10.0. The number of benzene rings is 2. The zero-order valence-corrected chi connectivity index (χ0v) is 37.3. The van der Waals surface area contributed by atoms with Crippen LogP contribution >= 0.6 is 0 Å². The van der Waals surface area contributed by atoms with E-state index in [2.05, 4.69) is 31.9 Å². The molecule has 378 valence electrons. The Balaban J connectivity index is 2.27. The summed E-state index contributed by atoms with van der Waals surface area (Å²) >= 11 is 0. The van der Waals surface area contributed by atoms with Crippen LogP contribution in [0.2, 0.25) is 0 Å². The third kappa shape index (κ3) is 22.1. The molecule has 2 aromatic carbocycles. The molecule has 7 atom stereocenters. The van der Waals surface area contributed by atoms with Crippen LogP contribution in [0.4, 0.5) is 0 Å². The topological polar surface area (TPSA) is 445 Å². The summed E-state index contributed by atoms with van der Waals surface area (Å²) < 4.78 is 0. The van der Waals surface area contributed by atoms with Gasteiger partial charge in [0.25, 0.3) is 0 Å². The van der Waals surface area contributed by atoms with E-state index >= 15 is 0 Å². The maximum Gasteiger partial charge on any atom is 0.326 e. The number of aliphatic carboxylic acids is 4. The van der Waals surface area contributed by atoms with Gasteiger partial charge in [-0.2, -0.15) is 0 Å². The van der Waals surface area contributed by atoms with Crippen molar-refractivity contribution in [2.45, 2.75) is 107 Å². The molecule has 26 heteroatoms. The number of nitrogens with two attached hydrogens (primary N) is 2. The van der Waals surface area contributed by atoms with Crippen molar-refractivity contribution in [3.8, 4) is 5.75 Å². The van der Waals surface area contributed by atoms with E-state index in [-0.39, 0.29) is 44.4 Å². The van der Waals surface area contributed by atoms with Gasteiger partial charge in [-0.05, 0) is 61.9 Å². The number of hydrogen-bond donors (Lipinski definition) is 15. The monoisotopic (exact) mass is 973 g/mol. The summed E-state index contributed by atoms with van der Waals surface area (Å²) in [5.41, 5.74) is 12.5. The fourth-order valence-corrected chi connectivity index (χ4v) is 6.32. The van der Waals surface area contributed by atoms with Gasteiger partial charge in [-0.3, -0.25) is 47.9 Å². The summed E-state index contributed by atoms with van der Waals surface area (Å²) in [7, 11) is 0. The molecule has 2 aromatic rings. The summed E-state index contributed by atoms with van der Waals surface area (Å²) in [6, 6.07) is 2.87. The van der Waals surface area contributed by atoms with E-state index in [4.69, 9.17) is 21.7 Å². The van der Waals surface area contributed by atoms with Gasteiger partial charge in [0.1, 0.15) is 42.0 Å². The molecule has 0 bridgehead atoms. The Kier molecular flexibility index (Phi) is 24.8. The molecule has 0 unspecified atom stereocenters. The largest absolute Gasteiger partial charge is 0.508 e. The van der Waals surface area contributed by atoms with Crippen LogP contribution in [0.25, 0.3) is 0 Å². The standard InChI is InChI=1S/C43H59N9O17/c44-17-5-4-8-27(39(64)49-28(14-16-35(58)59)40(65)52-31(43(68)69)20-36(60)61)48-42(67)32(22-53)47-33(55)21-46-38(63)29(19-24-9-11-25(54)12-10-24)51-41(66)30(18-23-6-2-1-3-7-23)50-37(62)26(45)13-15-34(56)57/h1-3,6-7,9-12,26-32,53-54H,4-5,8,13-22,44-45H2,(H,46,63)(H,47,55)(H,48,67)(H,49,64)(H,50,62)(H,51,66)(H,52,65)(H,56,57)(H,58,59)(H,60,61)(H,68,69)/t26-,27-,28-,29-,30-,31-,32-/m0/s1. The van der Waals surface area contributed by atoms with Crippen molar-refractivity contribution in [1.82, 2.24) is 37.2 Å². The van der Waals surface area contributed by atoms with Crippen molar-refractivity contribution < 1.29 is 83.4 Å². The van der Waals surface area contributed by atoms with Gasteiger partial charge in [0.15, 0.2) is 0 Å². The van der Waals surface area contributed by atoms with E-state index in [9.17, 15) is 73.2 Å². The maximum atomic E-state index is 13.8. The smallest absolute Gasteiger partial charge is 0.326 e. The molecule has 0 aliphatic rings. The highest BCUT2D eigenvalue weighted by molar-refractivity contribution is 5.97. The van der Waals surface area contributed by atoms with Crippen LogP contribution in [0.3, 0.4) is 0 Å². The van der Waals surface area contributed by atoms with Crippen LogP contribution in [-0.4, -0.2) is 158 Å². The van der Waals surface area contributed by atoms with Crippen LogP contribution in [0.1, 0.15) is 62.5 Å². The molecule has 0 aromatic heterocycles. The molecule has 0 heterocycles. The molecular formula is C43H59N9O17. The minimum Gasteiger partial charge on any atom is -0.508 e. The Labute approximate surface area is 394 Å². The van der Waals surface area contributed by atoms with E-state index < -0.39 is 146 Å². The number of phenols is 1. The van der Waals surface area contributed by atoms with Gasteiger partial charge >= 0.3 is 23.9 Å². The second-order valence-electron chi connectivity index (χ2n) is 15.6. The summed E-state index contributed by atoms with van der Waals surface area (Å²) in [6.45, 7) is -1.75. The lowest BCUT2D eigenvalue weighted by Gasteiger charge is -2.26. The minimum absolute atomic E-state index is 0.0946. The molecule has 0 spiro atoms. The summed E-state index contributed by atoms with van der Waals surface area (Å²) in [6.07, 6.45) is -2.97. The highest BCUT2D eigenvalue weighted by atomic mass is 16.4. The third-order valence-electron chi connectivity index (χ3n) is 10.0. The number of carboxylic acids is 4. The number of nitrogens with one attached hydrogen (secondary N) is 7. The van der Waals surface area contributed by atoms with E-state index in [0.717, 1.165) is 0 Å². The number of aromatic hydroxyl groups is 1. The van der Waals surface area contributed by atoms with E-state index in [1.54, 1.807) is 30.3 Å². The molecule has 0 saturated heterocycles. The molecule has 26 nitrogen and oxygen atoms in total. The molecule has 0 radical (unpaired) electrons. The van der Waals surface area contributed by atoms with Crippen LogP contribution in [-0.2, 0) is 65.6 Å². The van der Waals surface area contributed by atoms with Crippen LogP contribution in [0.15, 0.2) is 54.6 Å². The van der Waals surface area contributed by atoms with E-state index in [0.29, 0.717) is 17.5 Å². The average molecular weight is 974 g/mol. The predicted molar refractivity (Wildman–Crippen MR) is 238 cm³/mol. The average Bonchev–Trinajstić information content (AvgIpc) is 3.29. The quantitative estimate of drug-likeness (QED) is 0.0310. The summed E-state index contributed by atoms with van der Waals surface area (Å²) in [5.74, 6) is -13.2. The van der Waals surface area contributed by atoms with Crippen molar-refractivity contribution >= 4 is 65.2 Å². The van der Waals surface area contributed by atoms with Gasteiger partial charge in [-0.15, -0.1) is 0 Å². The zero-order valence-electron chi connectivity index (χ0n) is 37.3. The van der Waals surface area contributed by atoms with Crippen LogP contribution in [0.5, 0.6) is 5.75 Å². The van der Waals surface area contributed by atoms with Crippen molar-refractivity contribution in [3.05, 3.63) is 65.7 Å². The Morgan fingerprint density at radius 2 is 0.986 bits per heavy atom. The number of amides is 7. The number of phenolic OH excluding ortho intramolecular Hbond substituents is 1. The SMILES string of the molecule is NCCCC[C@H](NC(=O)[C@H](CO)NC(=O)CNC(=O)[C@H](Cc1ccc(O)cc1)NC(=O)[C@H](Cc1ccccc1)NC(=O)[C@@H](N)CCC(=O)O)C(=O)N[C@@H](CCC(=O)O)C(=O)N[C@@H](CC(=O)O)C(=O)O. The van der Waals surface area contributed by atoms with Gasteiger partial charge in [0.2, 0.25) is 41.4 Å². The number of carboxylic acid groups (broad SMARTS) is 4. The number of carbonyl (C=O) groups is 11. The number of carbonyl (C=O) groups excluding carboxylic acids is 7. The van der Waals surface area contributed by atoms with Crippen molar-refractivity contribution in [2.24, 2.45) is 11.5 Å². The number of hydrogen-bond acceptors (Lipinski definition) is 15. The molecule has 0 aliphatic carbocycles. The fourth-order valence-electron chi connectivity index (χ4n) is 6.32. The lowest BCUT2D eigenvalue weighted by atomic mass is 10.0. The lowest BCUT2D eigenvalue weighted by molar-refractivity contribution is -0.147. The van der Waals surface area contributed by atoms with Gasteiger partial charge in [-0.1, -0.05) is 42.5 Å². The van der Waals surface area contributed by atoms with E-state index in [1.165, 1.54) is 24.3 Å². The molecule has 69 heavy (non-hydrogen) atoms. The van der Waals surface area contributed by atoms with Crippen LogP contribution in [0, 0.1) is 0 Å². The number of aliphatic hydroxyl groups is 1. The second kappa shape index (κ2) is 29.8. The second-order valence-corrected chi connectivity index (χ2v) is 15.6. The maximum absolute atomic E-state index is 13.8. The highest BCUT2D eigenvalue weighted by Gasteiger charge is 2.33. The molecule has 0 fully saturated rings. The first-order valence-electron chi connectivity index (χ1n) is 21.5. The van der Waals surface area contributed by atoms with Crippen molar-refractivity contribution in [3.63, 3.8) is 0 Å². The first kappa shape index (κ1) is 57.4. The summed E-state index contributed by atoms with van der Waals surface area (Å²) in [5, 5.41) is 72.6. The lowest BCUT2D eigenvalue weighted by Crippen LogP contribution is -2.59. The number of aliphatic hydroxyl groups excluding tert-OH is 1. The normalized spacial score (nSPS) is 13.8. The van der Waals surface area contributed by atoms with Gasteiger partial charge in [0, 0.05) is 25.7 Å². The molecular weight excluding hydrogens is 915 g/mol. The Bertz CT molecular complexity index is 2110. The first-order chi connectivity index (χ1) is 32.6. The molecule has 7 amide bonds. The Morgan fingerprint density at radius 3 is 1.52 bits per heavy atom. The number of unbranched alkanes of at least 4 members (excludes halogenated alkanes) is 1. The molecule has 0 aliphatic heterocycles. The summed E-state index contributed by atoms with van der Waals surface area (Å²) in [4.78, 5) is 139. The van der Waals surface area contributed by atoms with Gasteiger partial charge in [0.05, 0.1) is 25.6 Å². The highest BCUT2D eigenvalue weighted by Crippen LogP contribution is 2.13. The van der Waals surface area contributed by atoms with Crippen molar-refractivity contribution in [2.75, 3.05) is 19.7 Å². The van der Waals surface area contributed by atoms with Crippen molar-refractivity contribution in [1.29, 1.82) is 0 Å². The molecule has 17 N–H and O–H groups in total. The fraction of sp³-hybridized carbons (Fsp3) is 0.465. The zero-order chi connectivity index (χ0) is 51.6. The molecule has 2 rings (SSSR count). The minimum atomic E-state index is -1.96. The molecule has 0 saturated carbocycles. The van der Waals surface area contributed by atoms with Gasteiger partial charge < -0.3 is 79.3 Å². The Hall–Kier alpha value is -7.71. The number of rotatable bonds is 32. The van der Waals surface area contributed by atoms with E-state index in [1.807, 2.05) is 5.32 Å². The Morgan fingerprint density at radius 1 is 0.507 bits per heavy atom. The van der Waals surface area contributed by atoms with Gasteiger partial charge in [-0.25, -0.2) is 4.79 Å².